The molecule has 0 aliphatic rings. The SMILES string of the molecule is CC(=O)NCCN(Cc1ccc(Cl)cc1)S(C)(=O)=O. The van der Waals surface area contributed by atoms with E-state index in [9.17, 15) is 13.2 Å². The van der Waals surface area contributed by atoms with Crippen LogP contribution in [0.4, 0.5) is 0 Å². The number of sulfonamides is 1. The van der Waals surface area contributed by atoms with Crippen LogP contribution in [-0.4, -0.2) is 38.0 Å². The predicted octanol–water partition coefficient (Wildman–Crippen LogP) is 1.24. The second-order valence-electron chi connectivity index (χ2n) is 4.21. The average Bonchev–Trinajstić information content (AvgIpc) is 2.28. The zero-order chi connectivity index (χ0) is 14.5. The molecule has 0 spiro atoms. The lowest BCUT2D eigenvalue weighted by atomic mass is 10.2. The van der Waals surface area contributed by atoms with E-state index in [2.05, 4.69) is 5.32 Å². The maximum Gasteiger partial charge on any atom is 0.216 e. The minimum atomic E-state index is -3.32. The molecule has 1 aromatic rings. The Labute approximate surface area is 118 Å². The summed E-state index contributed by atoms with van der Waals surface area (Å²) < 4.78 is 24.6. The van der Waals surface area contributed by atoms with Crippen LogP contribution in [0.3, 0.4) is 0 Å². The summed E-state index contributed by atoms with van der Waals surface area (Å²) in [7, 11) is -3.32. The van der Waals surface area contributed by atoms with E-state index in [1.165, 1.54) is 11.2 Å². The molecule has 0 aromatic heterocycles. The van der Waals surface area contributed by atoms with Crippen LogP contribution in [0.15, 0.2) is 24.3 Å². The maximum absolute atomic E-state index is 11.7. The van der Waals surface area contributed by atoms with Gasteiger partial charge in [-0.3, -0.25) is 4.79 Å². The molecule has 0 atom stereocenters. The van der Waals surface area contributed by atoms with Gasteiger partial charge in [0.05, 0.1) is 6.26 Å². The van der Waals surface area contributed by atoms with Gasteiger partial charge >= 0.3 is 0 Å². The first-order chi connectivity index (χ1) is 8.79. The van der Waals surface area contributed by atoms with Crippen molar-refractivity contribution in [3.8, 4) is 0 Å². The van der Waals surface area contributed by atoms with Crippen molar-refractivity contribution in [1.82, 2.24) is 9.62 Å². The summed E-state index contributed by atoms with van der Waals surface area (Å²) in [5.74, 6) is -0.181. The topological polar surface area (TPSA) is 66.5 Å². The van der Waals surface area contributed by atoms with Crippen molar-refractivity contribution >= 4 is 27.5 Å². The quantitative estimate of drug-likeness (QED) is 0.860. The first-order valence-electron chi connectivity index (χ1n) is 5.73. The largest absolute Gasteiger partial charge is 0.355 e. The van der Waals surface area contributed by atoms with Crippen LogP contribution < -0.4 is 5.32 Å². The fraction of sp³-hybridized carbons (Fsp3) is 0.417. The second kappa shape index (κ2) is 6.88. The Morgan fingerprint density at radius 2 is 1.89 bits per heavy atom. The first-order valence-corrected chi connectivity index (χ1v) is 7.95. The molecule has 0 fully saturated rings. The number of hydrogen-bond acceptors (Lipinski definition) is 3. The van der Waals surface area contributed by atoms with Crippen molar-refractivity contribution in [3.63, 3.8) is 0 Å². The van der Waals surface area contributed by atoms with Crippen LogP contribution in [0.1, 0.15) is 12.5 Å². The third kappa shape index (κ3) is 6.04. The van der Waals surface area contributed by atoms with Crippen molar-refractivity contribution < 1.29 is 13.2 Å². The Balaban J connectivity index is 2.70. The molecule has 19 heavy (non-hydrogen) atoms. The van der Waals surface area contributed by atoms with E-state index < -0.39 is 10.0 Å². The molecule has 1 N–H and O–H groups in total. The standard InChI is InChI=1S/C12H17ClN2O3S/c1-10(16)14-7-8-15(19(2,17)18)9-11-3-5-12(13)6-4-11/h3-6H,7-9H2,1-2H3,(H,14,16). The van der Waals surface area contributed by atoms with Gasteiger partial charge in [0.2, 0.25) is 15.9 Å². The molecular weight excluding hydrogens is 288 g/mol. The molecule has 1 rings (SSSR count). The third-order valence-electron chi connectivity index (χ3n) is 2.48. The van der Waals surface area contributed by atoms with Crippen molar-refractivity contribution in [2.75, 3.05) is 19.3 Å². The van der Waals surface area contributed by atoms with Crippen molar-refractivity contribution in [2.45, 2.75) is 13.5 Å². The van der Waals surface area contributed by atoms with Crippen LogP contribution in [0.2, 0.25) is 5.02 Å². The fourth-order valence-electron chi connectivity index (χ4n) is 1.51. The molecule has 0 heterocycles. The van der Waals surface area contributed by atoms with E-state index in [1.54, 1.807) is 24.3 Å². The van der Waals surface area contributed by atoms with Gasteiger partial charge < -0.3 is 5.32 Å². The van der Waals surface area contributed by atoms with Gasteiger partial charge in [-0.1, -0.05) is 23.7 Å². The molecular formula is C12H17ClN2O3S. The lowest BCUT2D eigenvalue weighted by Gasteiger charge is -2.20. The Kier molecular flexibility index (Phi) is 5.78. The summed E-state index contributed by atoms with van der Waals surface area (Å²) in [6.07, 6.45) is 1.15. The first kappa shape index (κ1) is 15.9. The number of halogens is 1. The third-order valence-corrected chi connectivity index (χ3v) is 3.98. The Bertz CT molecular complexity index is 528. The molecule has 0 aliphatic heterocycles. The summed E-state index contributed by atoms with van der Waals surface area (Å²) in [5, 5.41) is 3.18. The minimum Gasteiger partial charge on any atom is -0.355 e. The van der Waals surface area contributed by atoms with Crippen LogP contribution in [0.5, 0.6) is 0 Å². The molecule has 106 valence electrons. The highest BCUT2D eigenvalue weighted by molar-refractivity contribution is 7.88. The van der Waals surface area contributed by atoms with E-state index in [0.29, 0.717) is 5.02 Å². The second-order valence-corrected chi connectivity index (χ2v) is 6.62. The van der Waals surface area contributed by atoms with Gasteiger partial charge in [0, 0.05) is 31.6 Å². The monoisotopic (exact) mass is 304 g/mol. The van der Waals surface area contributed by atoms with Crippen LogP contribution in [-0.2, 0) is 21.4 Å². The summed E-state index contributed by atoms with van der Waals surface area (Å²) in [5.41, 5.74) is 0.845. The van der Waals surface area contributed by atoms with Gasteiger partial charge in [0.1, 0.15) is 0 Å². The van der Waals surface area contributed by atoms with E-state index in [0.717, 1.165) is 11.8 Å². The summed E-state index contributed by atoms with van der Waals surface area (Å²) >= 11 is 5.78. The fourth-order valence-corrected chi connectivity index (χ4v) is 2.44. The smallest absolute Gasteiger partial charge is 0.216 e. The van der Waals surface area contributed by atoms with Gasteiger partial charge in [-0.05, 0) is 17.7 Å². The van der Waals surface area contributed by atoms with Crippen LogP contribution >= 0.6 is 11.6 Å². The van der Waals surface area contributed by atoms with Gasteiger partial charge in [-0.25, -0.2) is 8.42 Å². The zero-order valence-electron chi connectivity index (χ0n) is 10.9. The zero-order valence-corrected chi connectivity index (χ0v) is 12.5. The number of hydrogen-bond donors (Lipinski definition) is 1. The van der Waals surface area contributed by atoms with E-state index in [1.807, 2.05) is 0 Å². The molecule has 0 bridgehead atoms. The van der Waals surface area contributed by atoms with Gasteiger partial charge in [0.25, 0.3) is 0 Å². The predicted molar refractivity (Wildman–Crippen MR) is 75.4 cm³/mol. The number of carbonyl (C=O) groups excluding carboxylic acids is 1. The lowest BCUT2D eigenvalue weighted by Crippen LogP contribution is -2.37. The number of benzene rings is 1. The van der Waals surface area contributed by atoms with Gasteiger partial charge in [-0.15, -0.1) is 0 Å². The summed E-state index contributed by atoms with van der Waals surface area (Å²) in [4.78, 5) is 10.8. The normalized spacial score (nSPS) is 11.6. The number of nitrogens with one attached hydrogen (secondary N) is 1. The minimum absolute atomic E-state index is 0.181. The molecule has 1 aromatic carbocycles. The molecule has 5 nitrogen and oxygen atoms in total. The molecule has 0 aliphatic carbocycles. The van der Waals surface area contributed by atoms with Gasteiger partial charge in [-0.2, -0.15) is 4.31 Å². The highest BCUT2D eigenvalue weighted by Crippen LogP contribution is 2.12. The van der Waals surface area contributed by atoms with Crippen LogP contribution in [0.25, 0.3) is 0 Å². The molecule has 1 amide bonds. The number of amides is 1. The Morgan fingerprint density at radius 3 is 2.37 bits per heavy atom. The number of nitrogens with zero attached hydrogens (tertiary/aromatic N) is 1. The van der Waals surface area contributed by atoms with E-state index in [-0.39, 0.29) is 25.5 Å². The maximum atomic E-state index is 11.7. The Morgan fingerprint density at radius 1 is 1.32 bits per heavy atom. The van der Waals surface area contributed by atoms with E-state index >= 15 is 0 Å². The average molecular weight is 305 g/mol. The van der Waals surface area contributed by atoms with Gasteiger partial charge in [0.15, 0.2) is 0 Å². The van der Waals surface area contributed by atoms with E-state index in [4.69, 9.17) is 11.6 Å². The highest BCUT2D eigenvalue weighted by atomic mass is 35.5. The number of rotatable bonds is 6. The highest BCUT2D eigenvalue weighted by Gasteiger charge is 2.16. The summed E-state index contributed by atoms with van der Waals surface area (Å²) in [6.45, 7) is 2.18. The molecule has 7 heteroatoms. The molecule has 0 unspecified atom stereocenters. The van der Waals surface area contributed by atoms with Crippen LogP contribution in [0, 0.1) is 0 Å². The Hall–Kier alpha value is -1.11. The van der Waals surface area contributed by atoms with Crippen molar-refractivity contribution in [2.24, 2.45) is 0 Å². The molecule has 0 saturated heterocycles. The number of carbonyl (C=O) groups is 1. The van der Waals surface area contributed by atoms with Crippen molar-refractivity contribution in [1.29, 1.82) is 0 Å². The molecule has 0 radical (unpaired) electrons. The lowest BCUT2D eigenvalue weighted by molar-refractivity contribution is -0.118. The summed E-state index contributed by atoms with van der Waals surface area (Å²) in [6, 6.07) is 6.98. The van der Waals surface area contributed by atoms with Crippen molar-refractivity contribution in [3.05, 3.63) is 34.9 Å². The molecule has 0 saturated carbocycles.